The summed E-state index contributed by atoms with van der Waals surface area (Å²) in [7, 11) is 0. The van der Waals surface area contributed by atoms with E-state index in [9.17, 15) is 4.79 Å². The quantitative estimate of drug-likeness (QED) is 0.773. The monoisotopic (exact) mass is 339 g/mol. The van der Waals surface area contributed by atoms with Crippen molar-refractivity contribution in [1.82, 2.24) is 5.32 Å². The fourth-order valence-electron chi connectivity index (χ4n) is 2.82. The van der Waals surface area contributed by atoms with E-state index in [0.29, 0.717) is 5.92 Å². The number of aryl methyl sites for hydroxylation is 1. The number of amides is 1. The van der Waals surface area contributed by atoms with Gasteiger partial charge in [0.15, 0.2) is 6.10 Å². The van der Waals surface area contributed by atoms with Crippen molar-refractivity contribution in [2.75, 3.05) is 0 Å². The molecule has 0 saturated heterocycles. The lowest BCUT2D eigenvalue weighted by atomic mass is 9.97. The lowest BCUT2D eigenvalue weighted by Gasteiger charge is -2.24. The number of hydrogen-bond donors (Lipinski definition) is 1. The minimum absolute atomic E-state index is 0.00152. The summed E-state index contributed by atoms with van der Waals surface area (Å²) in [4.78, 5) is 12.7. The molecular formula is C22H29NO2. The first-order valence-corrected chi connectivity index (χ1v) is 8.96. The van der Waals surface area contributed by atoms with Gasteiger partial charge in [0.25, 0.3) is 5.91 Å². The highest BCUT2D eigenvalue weighted by Crippen LogP contribution is 2.23. The molecule has 0 aliphatic heterocycles. The van der Waals surface area contributed by atoms with Gasteiger partial charge in [-0.3, -0.25) is 4.79 Å². The molecular weight excluding hydrogens is 310 g/mol. The van der Waals surface area contributed by atoms with Gasteiger partial charge in [0.2, 0.25) is 0 Å². The van der Waals surface area contributed by atoms with Crippen molar-refractivity contribution in [2.45, 2.75) is 53.2 Å². The number of nitrogens with one attached hydrogen (secondary N) is 1. The van der Waals surface area contributed by atoms with Gasteiger partial charge in [0.1, 0.15) is 5.75 Å². The van der Waals surface area contributed by atoms with E-state index in [1.165, 1.54) is 0 Å². The van der Waals surface area contributed by atoms with Crippen LogP contribution in [-0.4, -0.2) is 12.0 Å². The van der Waals surface area contributed by atoms with Crippen LogP contribution in [0.1, 0.15) is 49.9 Å². The molecule has 2 aromatic carbocycles. The van der Waals surface area contributed by atoms with Crippen molar-refractivity contribution < 1.29 is 9.53 Å². The molecule has 2 atom stereocenters. The van der Waals surface area contributed by atoms with Gasteiger partial charge in [-0.15, -0.1) is 0 Å². The zero-order valence-corrected chi connectivity index (χ0v) is 15.9. The number of ether oxygens (including phenoxy) is 1. The minimum atomic E-state index is -0.543. The molecule has 0 saturated carbocycles. The maximum absolute atomic E-state index is 12.7. The lowest BCUT2D eigenvalue weighted by molar-refractivity contribution is -0.128. The summed E-state index contributed by atoms with van der Waals surface area (Å²) >= 11 is 0. The molecule has 134 valence electrons. The summed E-state index contributed by atoms with van der Waals surface area (Å²) in [5.41, 5.74) is 3.36. The number of carbonyl (C=O) groups is 1. The van der Waals surface area contributed by atoms with Crippen LogP contribution >= 0.6 is 0 Å². The van der Waals surface area contributed by atoms with Crippen LogP contribution in [-0.2, 0) is 4.79 Å². The summed E-state index contributed by atoms with van der Waals surface area (Å²) in [5.74, 6) is 1.17. The Morgan fingerprint density at radius 2 is 1.68 bits per heavy atom. The van der Waals surface area contributed by atoms with E-state index >= 15 is 0 Å². The zero-order chi connectivity index (χ0) is 18.4. The zero-order valence-electron chi connectivity index (χ0n) is 15.9. The van der Waals surface area contributed by atoms with E-state index in [-0.39, 0.29) is 11.9 Å². The minimum Gasteiger partial charge on any atom is -0.481 e. The van der Waals surface area contributed by atoms with Gasteiger partial charge < -0.3 is 10.1 Å². The predicted molar refractivity (Wildman–Crippen MR) is 103 cm³/mol. The Morgan fingerprint density at radius 1 is 1.00 bits per heavy atom. The summed E-state index contributed by atoms with van der Waals surface area (Å²) in [6.07, 6.45) is 0.352. The Balaban J connectivity index is 2.08. The Bertz CT molecular complexity index is 694. The highest BCUT2D eigenvalue weighted by Gasteiger charge is 2.21. The highest BCUT2D eigenvalue weighted by atomic mass is 16.5. The number of carbonyl (C=O) groups excluding carboxylic acids is 1. The summed E-state index contributed by atoms with van der Waals surface area (Å²) in [6.45, 7) is 10.2. The maximum atomic E-state index is 12.7. The molecule has 0 aliphatic carbocycles. The summed E-state index contributed by atoms with van der Waals surface area (Å²) < 4.78 is 5.92. The van der Waals surface area contributed by atoms with Crippen LogP contribution in [0.5, 0.6) is 5.75 Å². The Hall–Kier alpha value is -2.29. The molecule has 0 aliphatic rings. The molecule has 0 fully saturated rings. The molecule has 0 radical (unpaired) electrons. The smallest absolute Gasteiger partial charge is 0.261 e. The van der Waals surface area contributed by atoms with Crippen LogP contribution < -0.4 is 10.1 Å². The number of rotatable bonds is 7. The van der Waals surface area contributed by atoms with Crippen molar-refractivity contribution in [3.63, 3.8) is 0 Å². The van der Waals surface area contributed by atoms with Crippen LogP contribution in [0.4, 0.5) is 0 Å². The molecule has 0 heterocycles. The fourth-order valence-corrected chi connectivity index (χ4v) is 2.82. The third kappa shape index (κ3) is 5.35. The molecule has 0 spiro atoms. The topological polar surface area (TPSA) is 38.3 Å². The maximum Gasteiger partial charge on any atom is 0.261 e. The number of hydrogen-bond acceptors (Lipinski definition) is 2. The Labute approximate surface area is 151 Å². The van der Waals surface area contributed by atoms with Gasteiger partial charge in [-0.25, -0.2) is 0 Å². The van der Waals surface area contributed by atoms with Crippen LogP contribution in [0.2, 0.25) is 0 Å². The molecule has 1 N–H and O–H groups in total. The molecule has 0 unspecified atom stereocenters. The molecule has 0 bridgehead atoms. The van der Waals surface area contributed by atoms with Crippen molar-refractivity contribution in [3.8, 4) is 5.75 Å². The molecule has 25 heavy (non-hydrogen) atoms. The molecule has 3 nitrogen and oxygen atoms in total. The Kier molecular flexibility index (Phi) is 6.63. The average Bonchev–Trinajstić information content (AvgIpc) is 2.58. The van der Waals surface area contributed by atoms with Gasteiger partial charge in [-0.1, -0.05) is 56.3 Å². The number of benzene rings is 2. The molecule has 1 amide bonds. The second kappa shape index (κ2) is 8.70. The van der Waals surface area contributed by atoms with Crippen LogP contribution in [0.15, 0.2) is 48.5 Å². The van der Waals surface area contributed by atoms with E-state index in [1.54, 1.807) is 6.92 Å². The first-order valence-electron chi connectivity index (χ1n) is 8.96. The van der Waals surface area contributed by atoms with E-state index in [1.807, 2.05) is 50.2 Å². The summed E-state index contributed by atoms with van der Waals surface area (Å²) in [5, 5.41) is 3.15. The van der Waals surface area contributed by atoms with Gasteiger partial charge in [-0.2, -0.15) is 0 Å². The van der Waals surface area contributed by atoms with E-state index in [2.05, 4.69) is 31.3 Å². The second-order valence-electron chi connectivity index (χ2n) is 7.06. The normalized spacial score (nSPS) is 13.4. The van der Waals surface area contributed by atoms with Crippen LogP contribution in [0.25, 0.3) is 0 Å². The molecule has 2 aromatic rings. The first-order chi connectivity index (χ1) is 11.9. The standard InChI is InChI=1S/C22H29NO2/c1-15(2)14-20(19-11-7-6-8-12-19)23-22(24)18(5)25-21-13-9-10-16(3)17(21)4/h6-13,15,18,20H,14H2,1-5H3,(H,23,24)/t18-,20+/m0/s1. The van der Waals surface area contributed by atoms with Gasteiger partial charge >= 0.3 is 0 Å². The first kappa shape index (κ1) is 19.0. The van der Waals surface area contributed by atoms with E-state index in [4.69, 9.17) is 4.74 Å². The highest BCUT2D eigenvalue weighted by molar-refractivity contribution is 5.81. The third-order valence-electron chi connectivity index (χ3n) is 4.45. The van der Waals surface area contributed by atoms with E-state index in [0.717, 1.165) is 28.9 Å². The van der Waals surface area contributed by atoms with Gasteiger partial charge in [-0.05, 0) is 55.9 Å². The fraction of sp³-hybridized carbons (Fsp3) is 0.409. The predicted octanol–water partition coefficient (Wildman–Crippen LogP) is 4.97. The Morgan fingerprint density at radius 3 is 2.32 bits per heavy atom. The second-order valence-corrected chi connectivity index (χ2v) is 7.06. The van der Waals surface area contributed by atoms with Crippen molar-refractivity contribution in [2.24, 2.45) is 5.92 Å². The lowest BCUT2D eigenvalue weighted by Crippen LogP contribution is -2.39. The molecule has 3 heteroatoms. The SMILES string of the molecule is Cc1cccc(O[C@@H](C)C(=O)N[C@H](CC(C)C)c2ccccc2)c1C. The van der Waals surface area contributed by atoms with Gasteiger partial charge in [0.05, 0.1) is 6.04 Å². The van der Waals surface area contributed by atoms with Crippen molar-refractivity contribution in [3.05, 3.63) is 65.2 Å². The summed E-state index contributed by atoms with van der Waals surface area (Å²) in [6, 6.07) is 16.0. The third-order valence-corrected chi connectivity index (χ3v) is 4.45. The molecule has 0 aromatic heterocycles. The average molecular weight is 339 g/mol. The largest absolute Gasteiger partial charge is 0.481 e. The van der Waals surface area contributed by atoms with Crippen LogP contribution in [0, 0.1) is 19.8 Å². The van der Waals surface area contributed by atoms with Crippen LogP contribution in [0.3, 0.4) is 0 Å². The van der Waals surface area contributed by atoms with Crippen molar-refractivity contribution >= 4 is 5.91 Å². The van der Waals surface area contributed by atoms with E-state index < -0.39 is 6.10 Å². The van der Waals surface area contributed by atoms with Crippen molar-refractivity contribution in [1.29, 1.82) is 0 Å². The molecule has 2 rings (SSSR count). The van der Waals surface area contributed by atoms with Gasteiger partial charge in [0, 0.05) is 0 Å².